The van der Waals surface area contributed by atoms with Crippen molar-refractivity contribution < 1.29 is 8.81 Å². The summed E-state index contributed by atoms with van der Waals surface area (Å²) in [7, 11) is 0. The molecule has 1 aromatic carbocycles. The fourth-order valence-corrected chi connectivity index (χ4v) is 2.48. The van der Waals surface area contributed by atoms with Gasteiger partial charge in [0, 0.05) is 17.1 Å². The van der Waals surface area contributed by atoms with Crippen LogP contribution < -0.4 is 4.87 Å². The second-order valence-electron chi connectivity index (χ2n) is 3.95. The third-order valence-electron chi connectivity index (χ3n) is 2.66. The molecule has 0 saturated heterocycles. The Morgan fingerprint density at radius 2 is 2.33 bits per heavy atom. The van der Waals surface area contributed by atoms with Gasteiger partial charge in [0.25, 0.3) is 0 Å². The van der Waals surface area contributed by atoms with Crippen LogP contribution in [-0.4, -0.2) is 9.55 Å². The van der Waals surface area contributed by atoms with Crippen LogP contribution in [0.25, 0.3) is 11.1 Å². The van der Waals surface area contributed by atoms with Crippen molar-refractivity contribution in [2.75, 3.05) is 0 Å². The molecular weight excluding hydrogens is 255 g/mol. The summed E-state index contributed by atoms with van der Waals surface area (Å²) in [5.74, 6) is 0.0467. The molecule has 0 unspecified atom stereocenters. The smallest absolute Gasteiger partial charge is 0.307 e. The molecule has 0 radical (unpaired) electrons. The van der Waals surface area contributed by atoms with Gasteiger partial charge in [-0.05, 0) is 19.1 Å². The summed E-state index contributed by atoms with van der Waals surface area (Å²) in [6.45, 7) is 2.12. The van der Waals surface area contributed by atoms with Crippen molar-refractivity contribution in [1.29, 1.82) is 0 Å². The SMILES string of the molecule is Cc1csc(=O)n1Cc1nc2cc(F)ccc2o1. The molecule has 0 fully saturated rings. The Morgan fingerprint density at radius 3 is 3.06 bits per heavy atom. The van der Waals surface area contributed by atoms with E-state index in [1.165, 1.54) is 18.2 Å². The van der Waals surface area contributed by atoms with Gasteiger partial charge in [0.2, 0.25) is 5.89 Å². The lowest BCUT2D eigenvalue weighted by molar-refractivity contribution is 0.503. The Balaban J connectivity index is 2.03. The van der Waals surface area contributed by atoms with E-state index in [0.29, 0.717) is 17.0 Å². The van der Waals surface area contributed by atoms with E-state index < -0.39 is 0 Å². The third kappa shape index (κ3) is 1.84. The highest BCUT2D eigenvalue weighted by atomic mass is 32.1. The Morgan fingerprint density at radius 1 is 1.50 bits per heavy atom. The first-order chi connectivity index (χ1) is 8.63. The van der Waals surface area contributed by atoms with Crippen LogP contribution in [0.3, 0.4) is 0 Å². The first kappa shape index (κ1) is 11.2. The van der Waals surface area contributed by atoms with E-state index in [-0.39, 0.29) is 17.2 Å². The predicted octanol–water partition coefficient (Wildman–Crippen LogP) is 2.55. The Bertz CT molecular complexity index is 772. The summed E-state index contributed by atoms with van der Waals surface area (Å²) in [6, 6.07) is 4.16. The molecule has 92 valence electrons. The van der Waals surface area contributed by atoms with Gasteiger partial charge in [0.1, 0.15) is 17.9 Å². The van der Waals surface area contributed by atoms with Crippen molar-refractivity contribution in [3.05, 3.63) is 50.6 Å². The monoisotopic (exact) mass is 264 g/mol. The zero-order valence-electron chi connectivity index (χ0n) is 9.51. The minimum absolute atomic E-state index is 0.0547. The number of oxazole rings is 1. The van der Waals surface area contributed by atoms with E-state index in [9.17, 15) is 9.18 Å². The van der Waals surface area contributed by atoms with Gasteiger partial charge in [-0.2, -0.15) is 0 Å². The summed E-state index contributed by atoms with van der Waals surface area (Å²) in [5.41, 5.74) is 1.84. The highest BCUT2D eigenvalue weighted by Crippen LogP contribution is 2.17. The van der Waals surface area contributed by atoms with E-state index in [4.69, 9.17) is 4.42 Å². The van der Waals surface area contributed by atoms with E-state index in [1.54, 1.807) is 9.95 Å². The highest BCUT2D eigenvalue weighted by molar-refractivity contribution is 7.07. The average Bonchev–Trinajstić information content (AvgIpc) is 2.86. The fourth-order valence-electron chi connectivity index (χ4n) is 1.75. The van der Waals surface area contributed by atoms with Gasteiger partial charge in [-0.3, -0.25) is 9.36 Å². The molecule has 0 spiro atoms. The number of aryl methyl sites for hydroxylation is 1. The van der Waals surface area contributed by atoms with Crippen LogP contribution >= 0.6 is 11.3 Å². The number of rotatable bonds is 2. The first-order valence-electron chi connectivity index (χ1n) is 5.33. The van der Waals surface area contributed by atoms with Gasteiger partial charge < -0.3 is 4.42 Å². The van der Waals surface area contributed by atoms with E-state index >= 15 is 0 Å². The minimum atomic E-state index is -0.355. The number of benzene rings is 1. The molecule has 0 bridgehead atoms. The molecule has 0 aliphatic rings. The molecule has 0 aliphatic carbocycles. The molecule has 0 amide bonds. The van der Waals surface area contributed by atoms with Crippen LogP contribution in [0.2, 0.25) is 0 Å². The Labute approximate surface area is 105 Å². The second kappa shape index (κ2) is 4.06. The quantitative estimate of drug-likeness (QED) is 0.714. The zero-order valence-corrected chi connectivity index (χ0v) is 10.3. The number of fused-ring (bicyclic) bond motifs is 1. The van der Waals surface area contributed by atoms with E-state index in [0.717, 1.165) is 17.0 Å². The summed E-state index contributed by atoms with van der Waals surface area (Å²) in [5, 5.41) is 1.78. The number of nitrogens with zero attached hydrogens (tertiary/aromatic N) is 2. The van der Waals surface area contributed by atoms with Crippen LogP contribution in [0, 0.1) is 12.7 Å². The van der Waals surface area contributed by atoms with Gasteiger partial charge in [0.05, 0.1) is 0 Å². The largest absolute Gasteiger partial charge is 0.439 e. The summed E-state index contributed by atoms with van der Waals surface area (Å²) in [4.78, 5) is 15.7. The Kier molecular flexibility index (Phi) is 2.52. The molecule has 0 N–H and O–H groups in total. The number of thiazole rings is 1. The van der Waals surface area contributed by atoms with Gasteiger partial charge in [0.15, 0.2) is 5.58 Å². The molecular formula is C12H9FN2O2S. The standard InChI is InChI=1S/C12H9FN2O2S/c1-7-6-18-12(16)15(7)5-11-14-9-4-8(13)2-3-10(9)17-11/h2-4,6H,5H2,1H3. The molecule has 2 heterocycles. The molecule has 2 aromatic heterocycles. The fraction of sp³-hybridized carbons (Fsp3) is 0.167. The summed E-state index contributed by atoms with van der Waals surface area (Å²) < 4.78 is 20.1. The molecule has 4 nitrogen and oxygen atoms in total. The lowest BCUT2D eigenvalue weighted by Crippen LogP contribution is -2.15. The van der Waals surface area contributed by atoms with E-state index in [2.05, 4.69) is 4.98 Å². The average molecular weight is 264 g/mol. The van der Waals surface area contributed by atoms with Crippen LogP contribution in [0.15, 0.2) is 32.8 Å². The maximum Gasteiger partial charge on any atom is 0.307 e. The van der Waals surface area contributed by atoms with Gasteiger partial charge in [-0.15, -0.1) is 0 Å². The van der Waals surface area contributed by atoms with Crippen molar-refractivity contribution in [2.24, 2.45) is 0 Å². The van der Waals surface area contributed by atoms with Crippen LogP contribution in [-0.2, 0) is 6.54 Å². The van der Waals surface area contributed by atoms with Gasteiger partial charge in [-0.25, -0.2) is 9.37 Å². The normalized spacial score (nSPS) is 11.2. The number of hydrogen-bond acceptors (Lipinski definition) is 4. The van der Waals surface area contributed by atoms with Crippen molar-refractivity contribution in [3.63, 3.8) is 0 Å². The van der Waals surface area contributed by atoms with Gasteiger partial charge >= 0.3 is 4.87 Å². The number of aromatic nitrogens is 2. The van der Waals surface area contributed by atoms with Gasteiger partial charge in [-0.1, -0.05) is 11.3 Å². The van der Waals surface area contributed by atoms with Crippen molar-refractivity contribution in [2.45, 2.75) is 13.5 Å². The van der Waals surface area contributed by atoms with Crippen molar-refractivity contribution in [3.8, 4) is 0 Å². The summed E-state index contributed by atoms with van der Waals surface area (Å²) in [6.07, 6.45) is 0. The molecule has 0 atom stereocenters. The Hall–Kier alpha value is -1.95. The third-order valence-corrected chi connectivity index (χ3v) is 3.54. The predicted molar refractivity (Wildman–Crippen MR) is 66.4 cm³/mol. The molecule has 6 heteroatoms. The molecule has 3 aromatic rings. The molecule has 0 saturated carbocycles. The van der Waals surface area contributed by atoms with Crippen molar-refractivity contribution in [1.82, 2.24) is 9.55 Å². The minimum Gasteiger partial charge on any atom is -0.439 e. The maximum absolute atomic E-state index is 13.0. The second-order valence-corrected chi connectivity index (χ2v) is 4.77. The van der Waals surface area contributed by atoms with Crippen molar-refractivity contribution >= 4 is 22.4 Å². The van der Waals surface area contributed by atoms with Crippen LogP contribution in [0.1, 0.15) is 11.6 Å². The zero-order chi connectivity index (χ0) is 12.7. The molecule has 3 rings (SSSR count). The lowest BCUT2D eigenvalue weighted by atomic mass is 10.3. The molecule has 18 heavy (non-hydrogen) atoms. The maximum atomic E-state index is 13.0. The van der Waals surface area contributed by atoms with Crippen LogP contribution in [0.5, 0.6) is 0 Å². The summed E-state index contributed by atoms with van der Waals surface area (Å²) >= 11 is 1.14. The molecule has 0 aliphatic heterocycles. The van der Waals surface area contributed by atoms with E-state index in [1.807, 2.05) is 6.92 Å². The lowest BCUT2D eigenvalue weighted by Gasteiger charge is -1.98. The topological polar surface area (TPSA) is 48.0 Å². The number of halogens is 1. The number of hydrogen-bond donors (Lipinski definition) is 0. The highest BCUT2D eigenvalue weighted by Gasteiger charge is 2.10. The van der Waals surface area contributed by atoms with Crippen LogP contribution in [0.4, 0.5) is 4.39 Å². The first-order valence-corrected chi connectivity index (χ1v) is 6.21.